The van der Waals surface area contributed by atoms with Crippen LogP contribution in [0.15, 0.2) is 42.0 Å². The standard InChI is InChI=1S/C11H12N2O2/c1-2-15-11(14)10(13-12)8-9-6-4-3-5-7-9/h3-7H,2,8H2,1H3/p+1/b11-10+. The van der Waals surface area contributed by atoms with E-state index in [0.29, 0.717) is 13.0 Å². The van der Waals surface area contributed by atoms with E-state index in [1.807, 2.05) is 30.3 Å². The van der Waals surface area contributed by atoms with Gasteiger partial charge in [-0.25, -0.2) is 0 Å². The van der Waals surface area contributed by atoms with Gasteiger partial charge in [0.1, 0.15) is 0 Å². The Balaban J connectivity index is 2.79. The highest BCUT2D eigenvalue weighted by Gasteiger charge is 2.20. The van der Waals surface area contributed by atoms with Crippen LogP contribution in [-0.2, 0) is 11.2 Å². The van der Waals surface area contributed by atoms with Gasteiger partial charge in [0.2, 0.25) is 5.39 Å². The molecule has 4 nitrogen and oxygen atoms in total. The molecule has 1 rings (SSSR count). The maximum Gasteiger partial charge on any atom is 0.444 e. The summed E-state index contributed by atoms with van der Waals surface area (Å²) in [7, 11) is 0. The first kappa shape index (κ1) is 11.1. The van der Waals surface area contributed by atoms with Crippen molar-refractivity contribution in [3.8, 4) is 0 Å². The molecule has 0 radical (unpaired) electrons. The maximum absolute atomic E-state index is 9.37. The summed E-state index contributed by atoms with van der Waals surface area (Å²) in [6, 6.07) is 9.41. The molecule has 78 valence electrons. The molecular weight excluding hydrogens is 192 g/mol. The number of hydrogen-bond donors (Lipinski definition) is 1. The molecule has 1 aromatic carbocycles. The van der Waals surface area contributed by atoms with Crippen LogP contribution in [0.3, 0.4) is 0 Å². The zero-order valence-corrected chi connectivity index (χ0v) is 8.55. The van der Waals surface area contributed by atoms with Crippen molar-refractivity contribution >= 4 is 0 Å². The van der Waals surface area contributed by atoms with Gasteiger partial charge in [0, 0.05) is 0 Å². The summed E-state index contributed by atoms with van der Waals surface area (Å²) in [5, 5.41) is 18.1. The summed E-state index contributed by atoms with van der Waals surface area (Å²) >= 11 is 0. The van der Waals surface area contributed by atoms with Gasteiger partial charge in [0.15, 0.2) is 4.98 Å². The molecule has 0 spiro atoms. The van der Waals surface area contributed by atoms with Crippen LogP contribution in [0.25, 0.3) is 4.98 Å². The van der Waals surface area contributed by atoms with Crippen molar-refractivity contribution in [1.82, 2.24) is 0 Å². The molecule has 0 amide bonds. The quantitative estimate of drug-likeness (QED) is 0.607. The molecule has 0 aliphatic rings. The predicted molar refractivity (Wildman–Crippen MR) is 56.5 cm³/mol. The van der Waals surface area contributed by atoms with Crippen molar-refractivity contribution in [2.45, 2.75) is 13.3 Å². The van der Waals surface area contributed by atoms with Crippen molar-refractivity contribution in [2.24, 2.45) is 0 Å². The second-order valence-corrected chi connectivity index (χ2v) is 2.95. The fourth-order valence-electron chi connectivity index (χ4n) is 1.16. The van der Waals surface area contributed by atoms with Gasteiger partial charge >= 0.3 is 11.6 Å². The molecule has 0 aliphatic heterocycles. The minimum atomic E-state index is -0.330. The third kappa shape index (κ3) is 3.31. The van der Waals surface area contributed by atoms with Crippen molar-refractivity contribution in [3.05, 3.63) is 52.5 Å². The molecule has 0 atom stereocenters. The highest BCUT2D eigenvalue weighted by Crippen LogP contribution is 2.12. The predicted octanol–water partition coefficient (Wildman–Crippen LogP) is 2.85. The van der Waals surface area contributed by atoms with E-state index in [2.05, 4.69) is 4.98 Å². The topological polar surface area (TPSA) is 57.6 Å². The number of benzene rings is 1. The second-order valence-electron chi connectivity index (χ2n) is 2.95. The lowest BCUT2D eigenvalue weighted by Gasteiger charge is -1.97. The lowest BCUT2D eigenvalue weighted by Crippen LogP contribution is -1.97. The number of nitrogens with zero attached hydrogens (tertiary/aromatic N) is 2. The fourth-order valence-corrected chi connectivity index (χ4v) is 1.16. The van der Waals surface area contributed by atoms with Crippen LogP contribution in [0.2, 0.25) is 0 Å². The number of aliphatic hydroxyl groups excluding tert-OH is 1. The average Bonchev–Trinajstić information content (AvgIpc) is 2.27. The van der Waals surface area contributed by atoms with Crippen LogP contribution >= 0.6 is 0 Å². The molecule has 0 aliphatic carbocycles. The van der Waals surface area contributed by atoms with Crippen LogP contribution in [-0.4, -0.2) is 11.7 Å². The first-order valence-corrected chi connectivity index (χ1v) is 4.71. The molecule has 0 fully saturated rings. The van der Waals surface area contributed by atoms with Gasteiger partial charge in [-0.15, -0.1) is 0 Å². The lowest BCUT2D eigenvalue weighted by molar-refractivity contribution is 0.0982. The summed E-state index contributed by atoms with van der Waals surface area (Å²) in [6.45, 7) is 2.08. The number of rotatable bonds is 4. The van der Waals surface area contributed by atoms with E-state index in [1.54, 1.807) is 6.92 Å². The first-order valence-electron chi connectivity index (χ1n) is 4.71. The Hall–Kier alpha value is -2.02. The van der Waals surface area contributed by atoms with Crippen LogP contribution in [0, 0.1) is 5.39 Å². The van der Waals surface area contributed by atoms with E-state index in [4.69, 9.17) is 10.1 Å². The van der Waals surface area contributed by atoms with Crippen LogP contribution in [0.1, 0.15) is 12.5 Å². The Bertz CT molecular complexity index is 379. The second kappa shape index (κ2) is 5.66. The SMILES string of the molecule is CCO/C(O)=C(\Cc1ccccc1)[N+]#N. The summed E-state index contributed by atoms with van der Waals surface area (Å²) in [5.41, 5.74) is 1.07. The van der Waals surface area contributed by atoms with Crippen molar-refractivity contribution in [3.63, 3.8) is 0 Å². The molecule has 1 aromatic rings. The monoisotopic (exact) mass is 205 g/mol. The normalized spacial score (nSPS) is 11.5. The summed E-state index contributed by atoms with van der Waals surface area (Å²) in [5.74, 6) is -0.330. The molecule has 0 saturated carbocycles. The molecule has 0 heterocycles. The molecule has 0 bridgehead atoms. The van der Waals surface area contributed by atoms with E-state index in [0.717, 1.165) is 5.56 Å². The Morgan fingerprint density at radius 1 is 1.40 bits per heavy atom. The fraction of sp³-hybridized carbons (Fsp3) is 0.273. The third-order valence-corrected chi connectivity index (χ3v) is 1.86. The largest absolute Gasteiger partial charge is 0.475 e. The van der Waals surface area contributed by atoms with Crippen LogP contribution in [0.4, 0.5) is 0 Å². The van der Waals surface area contributed by atoms with Gasteiger partial charge < -0.3 is 9.84 Å². The number of allylic oxidation sites excluding steroid dienone is 1. The van der Waals surface area contributed by atoms with E-state index in [1.165, 1.54) is 0 Å². The van der Waals surface area contributed by atoms with Gasteiger partial charge in [-0.3, -0.25) is 0 Å². The van der Waals surface area contributed by atoms with Crippen molar-refractivity contribution in [1.29, 1.82) is 5.39 Å². The van der Waals surface area contributed by atoms with Crippen LogP contribution in [0.5, 0.6) is 0 Å². The van der Waals surface area contributed by atoms with Gasteiger partial charge in [-0.1, -0.05) is 30.3 Å². The number of aliphatic hydroxyl groups is 1. The molecule has 1 N–H and O–H groups in total. The Morgan fingerprint density at radius 3 is 2.60 bits per heavy atom. The molecule has 0 aromatic heterocycles. The number of ether oxygens (including phenoxy) is 1. The van der Waals surface area contributed by atoms with E-state index >= 15 is 0 Å². The molecular formula is C11H13N2O2+. The maximum atomic E-state index is 9.37. The summed E-state index contributed by atoms with van der Waals surface area (Å²) in [6.07, 6.45) is 0.336. The summed E-state index contributed by atoms with van der Waals surface area (Å²) < 4.78 is 4.85. The Kier molecular flexibility index (Phi) is 4.17. The van der Waals surface area contributed by atoms with Crippen molar-refractivity contribution < 1.29 is 9.84 Å². The van der Waals surface area contributed by atoms with E-state index < -0.39 is 0 Å². The molecule has 0 unspecified atom stereocenters. The van der Waals surface area contributed by atoms with E-state index in [-0.39, 0.29) is 11.6 Å². The summed E-state index contributed by atoms with van der Waals surface area (Å²) in [4.78, 5) is 3.01. The first-order chi connectivity index (χ1) is 7.27. The highest BCUT2D eigenvalue weighted by atomic mass is 16.6. The van der Waals surface area contributed by atoms with E-state index in [9.17, 15) is 5.11 Å². The minimum Gasteiger partial charge on any atom is -0.475 e. The van der Waals surface area contributed by atoms with Gasteiger partial charge in [-0.05, 0) is 12.5 Å². The van der Waals surface area contributed by atoms with Gasteiger partial charge in [0.05, 0.1) is 13.0 Å². The Labute approximate surface area is 88.4 Å². The molecule has 15 heavy (non-hydrogen) atoms. The minimum absolute atomic E-state index is 0.128. The van der Waals surface area contributed by atoms with Crippen molar-refractivity contribution in [2.75, 3.05) is 6.61 Å². The zero-order valence-electron chi connectivity index (χ0n) is 8.55. The number of diazo groups is 1. The highest BCUT2D eigenvalue weighted by molar-refractivity contribution is 5.24. The average molecular weight is 205 g/mol. The van der Waals surface area contributed by atoms with Gasteiger partial charge in [-0.2, -0.15) is 0 Å². The number of hydrogen-bond acceptors (Lipinski definition) is 3. The van der Waals surface area contributed by atoms with Gasteiger partial charge in [0.25, 0.3) is 0 Å². The third-order valence-electron chi connectivity index (χ3n) is 1.86. The smallest absolute Gasteiger partial charge is 0.444 e. The molecule has 0 saturated heterocycles. The molecule has 4 heteroatoms. The van der Waals surface area contributed by atoms with Crippen LogP contribution < -0.4 is 0 Å². The lowest BCUT2D eigenvalue weighted by atomic mass is 10.1. The Morgan fingerprint density at radius 2 is 2.07 bits per heavy atom. The zero-order chi connectivity index (χ0) is 11.1.